The van der Waals surface area contributed by atoms with Crippen molar-refractivity contribution < 1.29 is 5.21 Å². The van der Waals surface area contributed by atoms with Crippen LogP contribution < -0.4 is 5.73 Å². The molecule has 0 aromatic carbocycles. The van der Waals surface area contributed by atoms with E-state index in [1.807, 2.05) is 6.92 Å². The predicted molar refractivity (Wildman–Crippen MR) is 72.7 cm³/mol. The lowest BCUT2D eigenvalue weighted by atomic mass is 10.1. The van der Waals surface area contributed by atoms with Crippen LogP contribution in [0, 0.1) is 5.92 Å². The Morgan fingerprint density at radius 1 is 1.59 bits per heavy atom. The van der Waals surface area contributed by atoms with Crippen molar-refractivity contribution in [2.24, 2.45) is 16.8 Å². The van der Waals surface area contributed by atoms with Crippen LogP contribution in [0.15, 0.2) is 22.7 Å². The van der Waals surface area contributed by atoms with Crippen molar-refractivity contribution in [2.45, 2.75) is 26.3 Å². The highest BCUT2D eigenvalue weighted by Crippen LogP contribution is 2.14. The van der Waals surface area contributed by atoms with Gasteiger partial charge < -0.3 is 15.8 Å². The highest BCUT2D eigenvalue weighted by atomic mass is 32.1. The van der Waals surface area contributed by atoms with Crippen LogP contribution in [0.2, 0.25) is 0 Å². The first-order valence-electron chi connectivity index (χ1n) is 5.74. The Hall–Kier alpha value is -1.07. The fourth-order valence-electron chi connectivity index (χ4n) is 1.68. The van der Waals surface area contributed by atoms with Gasteiger partial charge in [0.2, 0.25) is 0 Å². The number of thiophene rings is 1. The van der Waals surface area contributed by atoms with Gasteiger partial charge in [-0.15, -0.1) is 11.3 Å². The average molecular weight is 255 g/mol. The van der Waals surface area contributed by atoms with Crippen molar-refractivity contribution in [1.82, 2.24) is 4.90 Å². The number of rotatable bonds is 6. The zero-order chi connectivity index (χ0) is 12.8. The van der Waals surface area contributed by atoms with Crippen molar-refractivity contribution in [2.75, 3.05) is 13.6 Å². The number of hydrogen-bond donors (Lipinski definition) is 2. The largest absolute Gasteiger partial charge is 0.409 e. The summed E-state index contributed by atoms with van der Waals surface area (Å²) in [7, 11) is 2.07. The van der Waals surface area contributed by atoms with Crippen LogP contribution in [-0.4, -0.2) is 35.6 Å². The highest BCUT2D eigenvalue weighted by Gasteiger charge is 2.15. The van der Waals surface area contributed by atoms with Gasteiger partial charge in [0.1, 0.15) is 5.84 Å². The number of hydrogen-bond acceptors (Lipinski definition) is 4. The molecule has 0 fully saturated rings. The van der Waals surface area contributed by atoms with E-state index in [9.17, 15) is 0 Å². The van der Waals surface area contributed by atoms with Gasteiger partial charge in [0.05, 0.1) is 0 Å². The molecule has 0 spiro atoms. The van der Waals surface area contributed by atoms with Gasteiger partial charge in [-0.3, -0.25) is 0 Å². The SMILES string of the molecule is CC(CN(C)C(C)Cc1cccs1)C(N)=NO. The molecule has 0 aliphatic heterocycles. The second kappa shape index (κ2) is 6.61. The molecule has 3 N–H and O–H groups in total. The van der Waals surface area contributed by atoms with Gasteiger partial charge in [0, 0.05) is 23.4 Å². The summed E-state index contributed by atoms with van der Waals surface area (Å²) >= 11 is 1.78. The summed E-state index contributed by atoms with van der Waals surface area (Å²) < 4.78 is 0. The molecule has 0 saturated carbocycles. The Bertz CT molecular complexity index is 351. The minimum absolute atomic E-state index is 0.0655. The Morgan fingerprint density at radius 3 is 2.82 bits per heavy atom. The molecule has 2 atom stereocenters. The van der Waals surface area contributed by atoms with Crippen LogP contribution in [0.25, 0.3) is 0 Å². The third kappa shape index (κ3) is 4.36. The van der Waals surface area contributed by atoms with Crippen LogP contribution in [-0.2, 0) is 6.42 Å². The van der Waals surface area contributed by atoms with Crippen LogP contribution in [0.1, 0.15) is 18.7 Å². The third-order valence-electron chi connectivity index (χ3n) is 3.01. The summed E-state index contributed by atoms with van der Waals surface area (Å²) in [5.41, 5.74) is 5.58. The summed E-state index contributed by atoms with van der Waals surface area (Å²) in [6, 6.07) is 4.68. The fraction of sp³-hybridized carbons (Fsp3) is 0.583. The minimum atomic E-state index is 0.0655. The number of oxime groups is 1. The lowest BCUT2D eigenvalue weighted by Gasteiger charge is -2.26. The molecule has 0 saturated heterocycles. The molecular formula is C12H21N3OS. The van der Waals surface area contributed by atoms with Gasteiger partial charge >= 0.3 is 0 Å². The molecule has 0 radical (unpaired) electrons. The number of nitrogens with two attached hydrogens (primary N) is 1. The molecule has 0 aliphatic carbocycles. The molecular weight excluding hydrogens is 234 g/mol. The molecule has 96 valence electrons. The van der Waals surface area contributed by atoms with E-state index in [1.54, 1.807) is 11.3 Å². The van der Waals surface area contributed by atoms with Gasteiger partial charge in [0.25, 0.3) is 0 Å². The molecule has 5 heteroatoms. The van der Waals surface area contributed by atoms with E-state index >= 15 is 0 Å². The zero-order valence-corrected chi connectivity index (χ0v) is 11.4. The number of nitrogens with zero attached hydrogens (tertiary/aromatic N) is 2. The summed E-state index contributed by atoms with van der Waals surface area (Å²) in [6.07, 6.45) is 1.04. The summed E-state index contributed by atoms with van der Waals surface area (Å²) in [4.78, 5) is 3.63. The van der Waals surface area contributed by atoms with Gasteiger partial charge in [-0.2, -0.15) is 0 Å². The molecule has 1 aromatic rings. The maximum absolute atomic E-state index is 8.61. The van der Waals surface area contributed by atoms with E-state index in [2.05, 4.69) is 41.5 Å². The van der Waals surface area contributed by atoms with Crippen molar-refractivity contribution in [3.63, 3.8) is 0 Å². The van der Waals surface area contributed by atoms with Crippen LogP contribution in [0.3, 0.4) is 0 Å². The maximum atomic E-state index is 8.61. The fourth-order valence-corrected chi connectivity index (χ4v) is 2.51. The average Bonchev–Trinajstić information content (AvgIpc) is 2.80. The maximum Gasteiger partial charge on any atom is 0.143 e. The van der Waals surface area contributed by atoms with Gasteiger partial charge in [-0.25, -0.2) is 0 Å². The summed E-state index contributed by atoms with van der Waals surface area (Å²) in [5, 5.41) is 13.8. The first-order valence-corrected chi connectivity index (χ1v) is 6.62. The normalized spacial score (nSPS) is 16.1. The Kier molecular flexibility index (Phi) is 5.44. The molecule has 1 aromatic heterocycles. The molecule has 0 amide bonds. The second-order valence-electron chi connectivity index (χ2n) is 4.50. The molecule has 0 aliphatic rings. The van der Waals surface area contributed by atoms with Crippen molar-refractivity contribution in [3.05, 3.63) is 22.4 Å². The van der Waals surface area contributed by atoms with Crippen molar-refractivity contribution >= 4 is 17.2 Å². The van der Waals surface area contributed by atoms with E-state index in [1.165, 1.54) is 4.88 Å². The van der Waals surface area contributed by atoms with E-state index in [4.69, 9.17) is 10.9 Å². The second-order valence-corrected chi connectivity index (χ2v) is 5.53. The Labute approximate surface area is 107 Å². The van der Waals surface area contributed by atoms with Crippen LogP contribution in [0.4, 0.5) is 0 Å². The Morgan fingerprint density at radius 2 is 2.29 bits per heavy atom. The van der Waals surface area contributed by atoms with Crippen molar-refractivity contribution in [3.8, 4) is 0 Å². The van der Waals surface area contributed by atoms with E-state index < -0.39 is 0 Å². The first-order chi connectivity index (χ1) is 8.04. The first kappa shape index (κ1) is 14.0. The number of amidine groups is 1. The molecule has 0 bridgehead atoms. The lowest BCUT2D eigenvalue weighted by Crippen LogP contribution is -2.38. The van der Waals surface area contributed by atoms with Gasteiger partial charge in [-0.05, 0) is 31.8 Å². The molecule has 2 unspecified atom stereocenters. The third-order valence-corrected chi connectivity index (χ3v) is 3.91. The summed E-state index contributed by atoms with van der Waals surface area (Å²) in [6.45, 7) is 4.95. The monoisotopic (exact) mass is 255 g/mol. The predicted octanol–water partition coefficient (Wildman–Crippen LogP) is 1.99. The van der Waals surface area contributed by atoms with E-state index in [-0.39, 0.29) is 5.92 Å². The molecule has 17 heavy (non-hydrogen) atoms. The standard InChI is InChI=1S/C12H21N3OS/c1-9(12(13)14-16)8-15(3)10(2)7-11-5-4-6-17-11/h4-6,9-10,16H,7-8H2,1-3H3,(H2,13,14). The van der Waals surface area contributed by atoms with Gasteiger partial charge in [-0.1, -0.05) is 18.1 Å². The van der Waals surface area contributed by atoms with Crippen LogP contribution >= 0.6 is 11.3 Å². The van der Waals surface area contributed by atoms with Crippen molar-refractivity contribution in [1.29, 1.82) is 0 Å². The smallest absolute Gasteiger partial charge is 0.143 e. The number of likely N-dealkylation sites (N-methyl/N-ethyl adjacent to an activating group) is 1. The van der Waals surface area contributed by atoms with Crippen LogP contribution in [0.5, 0.6) is 0 Å². The summed E-state index contributed by atoms with van der Waals surface area (Å²) in [5.74, 6) is 0.357. The molecule has 1 heterocycles. The minimum Gasteiger partial charge on any atom is -0.409 e. The molecule has 1 rings (SSSR count). The topological polar surface area (TPSA) is 61.8 Å². The lowest BCUT2D eigenvalue weighted by molar-refractivity contribution is 0.239. The molecule has 4 nitrogen and oxygen atoms in total. The zero-order valence-electron chi connectivity index (χ0n) is 10.6. The van der Waals surface area contributed by atoms with E-state index in [0.29, 0.717) is 11.9 Å². The van der Waals surface area contributed by atoms with Gasteiger partial charge in [0.15, 0.2) is 0 Å². The Balaban J connectivity index is 2.44. The quantitative estimate of drug-likeness (QED) is 0.354. The highest BCUT2D eigenvalue weighted by molar-refractivity contribution is 7.09. The van der Waals surface area contributed by atoms with E-state index in [0.717, 1.165) is 13.0 Å².